The molecular weight excluding hydrogens is 232 g/mol. The first kappa shape index (κ1) is 14.4. The van der Waals surface area contributed by atoms with Crippen molar-refractivity contribution >= 4 is 23.1 Å². The van der Waals surface area contributed by atoms with Gasteiger partial charge in [0.15, 0.2) is 0 Å². The quantitative estimate of drug-likeness (QED) is 0.768. The molecule has 1 aliphatic carbocycles. The van der Waals surface area contributed by atoms with Crippen molar-refractivity contribution in [3.05, 3.63) is 0 Å². The fraction of sp³-hybridized carbons (Fsp3) is 0.846. The zero-order valence-corrected chi connectivity index (χ0v) is 12.0. The highest BCUT2D eigenvalue weighted by atomic mass is 32.1. The predicted octanol–water partition coefficient (Wildman–Crippen LogP) is 2.34. The zero-order valence-electron chi connectivity index (χ0n) is 11.2. The summed E-state index contributed by atoms with van der Waals surface area (Å²) >= 11 is 4.95. The third-order valence-corrected chi connectivity index (χ3v) is 4.47. The van der Waals surface area contributed by atoms with Gasteiger partial charge in [0.1, 0.15) is 0 Å². The van der Waals surface area contributed by atoms with Crippen LogP contribution in [-0.2, 0) is 4.79 Å². The van der Waals surface area contributed by atoms with Gasteiger partial charge in [0.05, 0.1) is 4.99 Å². The number of hydrogen-bond donors (Lipinski definition) is 1. The van der Waals surface area contributed by atoms with Crippen molar-refractivity contribution in [2.24, 2.45) is 17.1 Å². The molecule has 4 heteroatoms. The minimum Gasteiger partial charge on any atom is -0.393 e. The first-order chi connectivity index (χ1) is 7.93. The van der Waals surface area contributed by atoms with Crippen molar-refractivity contribution < 1.29 is 4.79 Å². The minimum atomic E-state index is -0.106. The normalized spacial score (nSPS) is 19.9. The second-order valence-corrected chi connectivity index (χ2v) is 5.80. The summed E-state index contributed by atoms with van der Waals surface area (Å²) in [6.45, 7) is 4.73. The van der Waals surface area contributed by atoms with Crippen LogP contribution in [0, 0.1) is 11.3 Å². The third kappa shape index (κ3) is 3.18. The van der Waals surface area contributed by atoms with Crippen molar-refractivity contribution in [2.45, 2.75) is 46.0 Å². The molecule has 0 aromatic heterocycles. The average molecular weight is 256 g/mol. The van der Waals surface area contributed by atoms with E-state index < -0.39 is 0 Å². The number of rotatable bonds is 5. The molecule has 1 aliphatic rings. The van der Waals surface area contributed by atoms with E-state index >= 15 is 0 Å². The van der Waals surface area contributed by atoms with Crippen LogP contribution in [0.4, 0.5) is 0 Å². The van der Waals surface area contributed by atoms with Gasteiger partial charge in [-0.05, 0) is 19.3 Å². The van der Waals surface area contributed by atoms with Gasteiger partial charge in [-0.2, -0.15) is 0 Å². The zero-order chi connectivity index (χ0) is 13.1. The summed E-state index contributed by atoms with van der Waals surface area (Å²) in [7, 11) is 1.87. The number of carbonyl (C=O) groups excluding carboxylic acids is 1. The van der Waals surface area contributed by atoms with Gasteiger partial charge >= 0.3 is 0 Å². The van der Waals surface area contributed by atoms with Gasteiger partial charge in [0.25, 0.3) is 0 Å². The van der Waals surface area contributed by atoms with Gasteiger partial charge in [-0.25, -0.2) is 0 Å². The van der Waals surface area contributed by atoms with Crippen LogP contribution >= 0.6 is 12.2 Å². The molecule has 1 unspecified atom stereocenters. The molecule has 0 radical (unpaired) electrons. The summed E-state index contributed by atoms with van der Waals surface area (Å²) in [5.41, 5.74) is 5.49. The van der Waals surface area contributed by atoms with Crippen molar-refractivity contribution in [1.82, 2.24) is 4.90 Å². The summed E-state index contributed by atoms with van der Waals surface area (Å²) in [5.74, 6) is 0.370. The van der Waals surface area contributed by atoms with Gasteiger partial charge in [-0.15, -0.1) is 0 Å². The minimum absolute atomic E-state index is 0.0919. The summed E-state index contributed by atoms with van der Waals surface area (Å²) in [6, 6.07) is 0. The number of carbonyl (C=O) groups is 1. The molecule has 0 bridgehead atoms. The summed E-state index contributed by atoms with van der Waals surface area (Å²) in [4.78, 5) is 14.8. The van der Waals surface area contributed by atoms with Crippen LogP contribution in [0.5, 0.6) is 0 Å². The smallest absolute Gasteiger partial charge is 0.228 e. The van der Waals surface area contributed by atoms with Gasteiger partial charge in [0.2, 0.25) is 5.91 Å². The number of thiocarbonyl (C=S) groups is 1. The van der Waals surface area contributed by atoms with E-state index in [1.807, 2.05) is 18.9 Å². The Kier molecular flexibility index (Phi) is 4.92. The fourth-order valence-electron chi connectivity index (χ4n) is 2.76. The molecule has 2 N–H and O–H groups in total. The molecule has 1 fully saturated rings. The number of nitrogens with zero attached hydrogens (tertiary/aromatic N) is 1. The van der Waals surface area contributed by atoms with E-state index in [0.29, 0.717) is 11.5 Å². The average Bonchev–Trinajstić information content (AvgIpc) is 2.77. The maximum atomic E-state index is 12.5. The van der Waals surface area contributed by atoms with Crippen LogP contribution in [0.15, 0.2) is 0 Å². The van der Waals surface area contributed by atoms with Crippen LogP contribution in [0.1, 0.15) is 46.0 Å². The SMILES string of the molecule is CCC1(C(=O)N(C)CC(C)C(N)=S)CCCC1. The van der Waals surface area contributed by atoms with Crippen LogP contribution in [-0.4, -0.2) is 29.4 Å². The Morgan fingerprint density at radius 1 is 1.47 bits per heavy atom. The molecule has 0 saturated heterocycles. The highest BCUT2D eigenvalue weighted by Crippen LogP contribution is 2.42. The largest absolute Gasteiger partial charge is 0.393 e. The third-order valence-electron chi connectivity index (χ3n) is 4.07. The molecule has 0 aromatic carbocycles. The Morgan fingerprint density at radius 3 is 2.41 bits per heavy atom. The Balaban J connectivity index is 2.65. The second kappa shape index (κ2) is 5.80. The molecule has 1 amide bonds. The number of nitrogens with two attached hydrogens (primary N) is 1. The van der Waals surface area contributed by atoms with Gasteiger partial charge < -0.3 is 10.6 Å². The number of hydrogen-bond acceptors (Lipinski definition) is 2. The van der Waals surface area contributed by atoms with E-state index in [2.05, 4.69) is 6.92 Å². The highest BCUT2D eigenvalue weighted by Gasteiger charge is 2.41. The molecule has 0 heterocycles. The number of amides is 1. The molecule has 0 aliphatic heterocycles. The second-order valence-electron chi connectivity index (χ2n) is 5.33. The fourth-order valence-corrected chi connectivity index (χ4v) is 2.83. The lowest BCUT2D eigenvalue weighted by atomic mass is 9.82. The lowest BCUT2D eigenvalue weighted by Gasteiger charge is -2.32. The Morgan fingerprint density at radius 2 is 2.00 bits per heavy atom. The van der Waals surface area contributed by atoms with E-state index in [1.54, 1.807) is 0 Å². The molecule has 17 heavy (non-hydrogen) atoms. The van der Waals surface area contributed by atoms with E-state index in [9.17, 15) is 4.79 Å². The monoisotopic (exact) mass is 256 g/mol. The van der Waals surface area contributed by atoms with Crippen molar-refractivity contribution in [1.29, 1.82) is 0 Å². The van der Waals surface area contributed by atoms with Crippen LogP contribution < -0.4 is 5.73 Å². The lowest BCUT2D eigenvalue weighted by Crippen LogP contribution is -2.43. The molecular formula is C13H24N2OS. The van der Waals surface area contributed by atoms with Crippen molar-refractivity contribution in [2.75, 3.05) is 13.6 Å². The molecule has 1 rings (SSSR count). The van der Waals surface area contributed by atoms with Crippen LogP contribution in [0.3, 0.4) is 0 Å². The highest BCUT2D eigenvalue weighted by molar-refractivity contribution is 7.80. The van der Waals surface area contributed by atoms with Gasteiger partial charge in [-0.1, -0.05) is 38.9 Å². The molecule has 0 spiro atoms. The predicted molar refractivity (Wildman–Crippen MR) is 74.8 cm³/mol. The Hall–Kier alpha value is -0.640. The Bertz CT molecular complexity index is 298. The topological polar surface area (TPSA) is 46.3 Å². The van der Waals surface area contributed by atoms with E-state index in [1.165, 1.54) is 12.8 Å². The molecule has 1 saturated carbocycles. The van der Waals surface area contributed by atoms with Crippen molar-refractivity contribution in [3.8, 4) is 0 Å². The van der Waals surface area contributed by atoms with E-state index in [0.717, 1.165) is 19.3 Å². The molecule has 98 valence electrons. The summed E-state index contributed by atoms with van der Waals surface area (Å²) < 4.78 is 0. The Labute approximate surface area is 110 Å². The maximum Gasteiger partial charge on any atom is 0.228 e. The summed E-state index contributed by atoms with van der Waals surface area (Å²) in [5, 5.41) is 0. The standard InChI is InChI=1S/C13H24N2OS/c1-4-13(7-5-6-8-13)12(16)15(3)9-10(2)11(14)17/h10H,4-9H2,1-3H3,(H2,14,17). The van der Waals surface area contributed by atoms with E-state index in [4.69, 9.17) is 18.0 Å². The summed E-state index contributed by atoms with van der Waals surface area (Å²) in [6.07, 6.45) is 5.37. The first-order valence-corrected chi connectivity index (χ1v) is 6.88. The van der Waals surface area contributed by atoms with Gasteiger partial charge in [0, 0.05) is 24.9 Å². The lowest BCUT2D eigenvalue weighted by molar-refractivity contribution is -0.141. The molecule has 3 nitrogen and oxygen atoms in total. The van der Waals surface area contributed by atoms with Crippen LogP contribution in [0.25, 0.3) is 0 Å². The van der Waals surface area contributed by atoms with Crippen LogP contribution in [0.2, 0.25) is 0 Å². The van der Waals surface area contributed by atoms with Gasteiger partial charge in [-0.3, -0.25) is 4.79 Å². The van der Waals surface area contributed by atoms with Crippen molar-refractivity contribution in [3.63, 3.8) is 0 Å². The maximum absolute atomic E-state index is 12.5. The molecule has 1 atom stereocenters. The molecule has 0 aromatic rings. The van der Waals surface area contributed by atoms with E-state index in [-0.39, 0.29) is 17.2 Å². The first-order valence-electron chi connectivity index (χ1n) is 6.48.